The summed E-state index contributed by atoms with van der Waals surface area (Å²) in [6, 6.07) is 6.88. The van der Waals surface area contributed by atoms with Crippen LogP contribution < -0.4 is 9.47 Å². The summed E-state index contributed by atoms with van der Waals surface area (Å²) in [5, 5.41) is 0.780. The minimum atomic E-state index is -0.474. The fourth-order valence-electron chi connectivity index (χ4n) is 3.03. The topological polar surface area (TPSA) is 94.0 Å². The Morgan fingerprint density at radius 3 is 2.50 bits per heavy atom. The van der Waals surface area contributed by atoms with E-state index in [-0.39, 0.29) is 12.5 Å². The van der Waals surface area contributed by atoms with Crippen LogP contribution in [-0.4, -0.2) is 50.1 Å². The molecule has 0 unspecified atom stereocenters. The maximum atomic E-state index is 12.8. The average Bonchev–Trinajstić information content (AvgIpc) is 3.28. The van der Waals surface area contributed by atoms with E-state index in [1.54, 1.807) is 52.5 Å². The van der Waals surface area contributed by atoms with Gasteiger partial charge in [-0.15, -0.1) is 0 Å². The highest BCUT2D eigenvalue weighted by Gasteiger charge is 2.20. The first kappa shape index (κ1) is 19.3. The summed E-state index contributed by atoms with van der Waals surface area (Å²) in [5.41, 5.74) is 1.48. The Morgan fingerprint density at radius 1 is 1.11 bits per heavy atom. The molecule has 0 radical (unpaired) electrons. The van der Waals surface area contributed by atoms with E-state index in [9.17, 15) is 9.59 Å². The van der Waals surface area contributed by atoms with Crippen molar-refractivity contribution in [3.8, 4) is 11.5 Å². The Kier molecular flexibility index (Phi) is 5.30. The first-order chi connectivity index (χ1) is 13.4. The van der Waals surface area contributed by atoms with Gasteiger partial charge in [-0.05, 0) is 19.1 Å². The van der Waals surface area contributed by atoms with Crippen LogP contribution in [0, 0.1) is 6.92 Å². The number of nitrogens with zero attached hydrogens (tertiary/aromatic N) is 1. The minimum Gasteiger partial charge on any atom is -0.497 e. The highest BCUT2D eigenvalue weighted by Crippen LogP contribution is 2.32. The van der Waals surface area contributed by atoms with Gasteiger partial charge in [-0.25, -0.2) is 4.79 Å². The van der Waals surface area contributed by atoms with Crippen LogP contribution in [0.15, 0.2) is 28.7 Å². The third kappa shape index (κ3) is 3.53. The molecule has 0 aliphatic heterocycles. The molecule has 2 aromatic heterocycles. The summed E-state index contributed by atoms with van der Waals surface area (Å²) in [6.45, 7) is 1.88. The third-order valence-electron chi connectivity index (χ3n) is 4.47. The van der Waals surface area contributed by atoms with Crippen LogP contribution in [0.5, 0.6) is 11.5 Å². The van der Waals surface area contributed by atoms with E-state index in [0.29, 0.717) is 34.3 Å². The Morgan fingerprint density at radius 2 is 1.86 bits per heavy atom. The van der Waals surface area contributed by atoms with Gasteiger partial charge in [0.2, 0.25) is 0 Å². The van der Waals surface area contributed by atoms with E-state index in [1.807, 2.05) is 0 Å². The zero-order chi connectivity index (χ0) is 20.4. The number of amides is 1. The number of aromatic nitrogens is 1. The van der Waals surface area contributed by atoms with Crippen LogP contribution in [0.4, 0.5) is 0 Å². The lowest BCUT2D eigenvalue weighted by Crippen LogP contribution is -2.26. The second-order valence-electron chi connectivity index (χ2n) is 6.31. The largest absolute Gasteiger partial charge is 0.497 e. The van der Waals surface area contributed by atoms with E-state index < -0.39 is 5.97 Å². The third-order valence-corrected chi connectivity index (χ3v) is 4.47. The Labute approximate surface area is 162 Å². The van der Waals surface area contributed by atoms with Gasteiger partial charge < -0.3 is 28.5 Å². The van der Waals surface area contributed by atoms with Crippen molar-refractivity contribution in [2.75, 3.05) is 28.4 Å². The molecule has 0 atom stereocenters. The number of benzene rings is 1. The number of nitrogens with one attached hydrogen (secondary N) is 1. The van der Waals surface area contributed by atoms with Crippen molar-refractivity contribution in [1.82, 2.24) is 9.88 Å². The monoisotopic (exact) mass is 386 g/mol. The first-order valence-corrected chi connectivity index (χ1v) is 8.55. The number of esters is 1. The van der Waals surface area contributed by atoms with Crippen LogP contribution >= 0.6 is 0 Å². The van der Waals surface area contributed by atoms with Gasteiger partial charge in [0.15, 0.2) is 0 Å². The molecule has 3 aromatic rings. The van der Waals surface area contributed by atoms with Gasteiger partial charge in [0.25, 0.3) is 5.91 Å². The van der Waals surface area contributed by atoms with Gasteiger partial charge in [-0.2, -0.15) is 0 Å². The molecule has 1 amide bonds. The van der Waals surface area contributed by atoms with E-state index in [0.717, 1.165) is 10.9 Å². The summed E-state index contributed by atoms with van der Waals surface area (Å²) in [5.74, 6) is 1.47. The zero-order valence-corrected chi connectivity index (χ0v) is 16.4. The molecule has 0 saturated heterocycles. The van der Waals surface area contributed by atoms with Crippen LogP contribution in [0.1, 0.15) is 32.4 Å². The van der Waals surface area contributed by atoms with Crippen LogP contribution in [0.2, 0.25) is 0 Å². The summed E-state index contributed by atoms with van der Waals surface area (Å²) >= 11 is 0. The lowest BCUT2D eigenvalue weighted by molar-refractivity contribution is 0.0598. The molecule has 0 aliphatic rings. The van der Waals surface area contributed by atoms with Gasteiger partial charge >= 0.3 is 5.97 Å². The molecule has 148 valence electrons. The highest BCUT2D eigenvalue weighted by molar-refractivity contribution is 6.00. The lowest BCUT2D eigenvalue weighted by atomic mass is 10.2. The number of H-pyrrole nitrogens is 1. The summed E-state index contributed by atoms with van der Waals surface area (Å²) < 4.78 is 20.9. The zero-order valence-electron chi connectivity index (χ0n) is 16.4. The molecule has 2 heterocycles. The molecular weight excluding hydrogens is 364 g/mol. The summed E-state index contributed by atoms with van der Waals surface area (Å²) in [7, 11) is 6.09. The number of aryl methyl sites for hydroxylation is 1. The Balaban J connectivity index is 1.84. The number of hydrogen-bond donors (Lipinski definition) is 1. The van der Waals surface area contributed by atoms with Gasteiger partial charge in [-0.3, -0.25) is 4.79 Å². The predicted molar refractivity (Wildman–Crippen MR) is 102 cm³/mol. The van der Waals surface area contributed by atoms with Crippen LogP contribution in [0.25, 0.3) is 10.9 Å². The number of rotatable bonds is 6. The molecule has 0 saturated carbocycles. The number of methoxy groups -OCH3 is 3. The van der Waals surface area contributed by atoms with Crippen LogP contribution in [-0.2, 0) is 11.3 Å². The van der Waals surface area contributed by atoms with E-state index >= 15 is 0 Å². The van der Waals surface area contributed by atoms with Gasteiger partial charge in [0.05, 0.1) is 33.4 Å². The van der Waals surface area contributed by atoms with Crippen molar-refractivity contribution in [3.63, 3.8) is 0 Å². The quantitative estimate of drug-likeness (QED) is 0.654. The predicted octanol–water partition coefficient (Wildman–Crippen LogP) is 3.15. The number of furan rings is 1. The first-order valence-electron chi connectivity index (χ1n) is 8.55. The summed E-state index contributed by atoms with van der Waals surface area (Å²) in [6.07, 6.45) is 0. The maximum absolute atomic E-state index is 12.8. The number of carbonyl (C=O) groups is 2. The fraction of sp³-hybridized carbons (Fsp3) is 0.300. The number of hydrogen-bond acceptors (Lipinski definition) is 6. The standard InChI is InChI=1S/C20H22N2O6/c1-11-14(20(24)27-5)6-13(28-11)10-22(2)19(23)17-9-15-16(21-17)7-12(25-3)8-18(15)26-4/h6-9,21H,10H2,1-5H3. The van der Waals surface area contributed by atoms with Crippen molar-refractivity contribution in [1.29, 1.82) is 0 Å². The summed E-state index contributed by atoms with van der Waals surface area (Å²) in [4.78, 5) is 29.1. The molecule has 0 aliphatic carbocycles. The molecule has 1 aromatic carbocycles. The fourth-order valence-corrected chi connectivity index (χ4v) is 3.03. The average molecular weight is 386 g/mol. The highest BCUT2D eigenvalue weighted by atomic mass is 16.5. The SMILES string of the molecule is COC(=O)c1cc(CN(C)C(=O)c2cc3c(OC)cc(OC)cc3[nH]2)oc1C. The number of ether oxygens (including phenoxy) is 3. The van der Waals surface area contributed by atoms with Crippen molar-refractivity contribution < 1.29 is 28.2 Å². The van der Waals surface area contributed by atoms with Crippen molar-refractivity contribution >= 4 is 22.8 Å². The minimum absolute atomic E-state index is 0.201. The molecule has 28 heavy (non-hydrogen) atoms. The molecule has 1 N–H and O–H groups in total. The van der Waals surface area contributed by atoms with Gasteiger partial charge in [0.1, 0.15) is 34.3 Å². The molecular formula is C20H22N2O6. The van der Waals surface area contributed by atoms with Crippen molar-refractivity contribution in [2.45, 2.75) is 13.5 Å². The number of aromatic amines is 1. The van der Waals surface area contributed by atoms with Crippen LogP contribution in [0.3, 0.4) is 0 Å². The van der Waals surface area contributed by atoms with Crippen molar-refractivity contribution in [2.24, 2.45) is 0 Å². The second-order valence-corrected chi connectivity index (χ2v) is 6.31. The normalized spacial score (nSPS) is 10.8. The number of fused-ring (bicyclic) bond motifs is 1. The maximum Gasteiger partial charge on any atom is 0.341 e. The van der Waals surface area contributed by atoms with Crippen molar-refractivity contribution in [3.05, 3.63) is 47.0 Å². The molecule has 0 spiro atoms. The van der Waals surface area contributed by atoms with E-state index in [4.69, 9.17) is 18.6 Å². The Hall–Kier alpha value is -3.42. The smallest absolute Gasteiger partial charge is 0.341 e. The van der Waals surface area contributed by atoms with Gasteiger partial charge in [0, 0.05) is 24.6 Å². The molecule has 0 bridgehead atoms. The Bertz CT molecular complexity index is 1030. The second kappa shape index (κ2) is 7.67. The van der Waals surface area contributed by atoms with E-state index in [1.165, 1.54) is 12.0 Å². The molecule has 8 heteroatoms. The van der Waals surface area contributed by atoms with E-state index in [2.05, 4.69) is 4.98 Å². The van der Waals surface area contributed by atoms with Gasteiger partial charge in [-0.1, -0.05) is 0 Å². The lowest BCUT2D eigenvalue weighted by Gasteiger charge is -2.14. The molecule has 8 nitrogen and oxygen atoms in total. The molecule has 0 fully saturated rings. The number of carbonyl (C=O) groups excluding carboxylic acids is 2. The molecule has 3 rings (SSSR count).